The average Bonchev–Trinajstić information content (AvgIpc) is 2.52. The Morgan fingerprint density at radius 2 is 1.83 bits per heavy atom. The van der Waals surface area contributed by atoms with E-state index in [1.807, 2.05) is 0 Å². The van der Waals surface area contributed by atoms with Gasteiger partial charge in [-0.05, 0) is 31.2 Å². The molecule has 0 bridgehead atoms. The Labute approximate surface area is 130 Å². The molecule has 0 fully saturated rings. The van der Waals surface area contributed by atoms with Gasteiger partial charge in [0.2, 0.25) is 0 Å². The highest BCUT2D eigenvalue weighted by Crippen LogP contribution is 2.24. The molecule has 1 amide bonds. The van der Waals surface area contributed by atoms with Crippen molar-refractivity contribution in [2.24, 2.45) is 0 Å². The van der Waals surface area contributed by atoms with Gasteiger partial charge in [-0.25, -0.2) is 13.2 Å². The smallest absolute Gasteiger partial charge is 0.258 e. The number of halogens is 3. The molecular weight excluding hydrogens is 311 g/mol. The first-order valence-corrected chi connectivity index (χ1v) is 6.78. The normalized spacial score (nSPS) is 10.5. The van der Waals surface area contributed by atoms with Crippen molar-refractivity contribution in [3.05, 3.63) is 58.9 Å². The molecule has 7 heteroatoms. The van der Waals surface area contributed by atoms with Crippen molar-refractivity contribution in [2.45, 2.75) is 13.5 Å². The van der Waals surface area contributed by atoms with E-state index < -0.39 is 28.9 Å². The monoisotopic (exact) mass is 325 g/mol. The summed E-state index contributed by atoms with van der Waals surface area (Å²) in [6.07, 6.45) is 0. The van der Waals surface area contributed by atoms with Crippen LogP contribution < -0.4 is 10.1 Å². The maximum absolute atomic E-state index is 13.6. The van der Waals surface area contributed by atoms with Crippen LogP contribution in [0.5, 0.6) is 5.75 Å². The summed E-state index contributed by atoms with van der Waals surface area (Å²) in [5.41, 5.74) is 0.0605. The third-order valence-electron chi connectivity index (χ3n) is 3.04. The first-order valence-electron chi connectivity index (χ1n) is 6.78. The minimum atomic E-state index is -1.37. The first-order chi connectivity index (χ1) is 11.0. The molecular formula is C16H14F3NO3. The minimum absolute atomic E-state index is 0.256. The van der Waals surface area contributed by atoms with E-state index in [1.165, 1.54) is 18.2 Å². The number of carbonyl (C=O) groups excluding carboxylic acids is 1. The highest BCUT2D eigenvalue weighted by atomic mass is 19.2. The van der Waals surface area contributed by atoms with Crippen LogP contribution in [-0.4, -0.2) is 17.6 Å². The molecule has 0 heterocycles. The summed E-state index contributed by atoms with van der Waals surface area (Å²) in [4.78, 5) is 12.0. The largest absolute Gasteiger partial charge is 0.494 e. The highest BCUT2D eigenvalue weighted by Gasteiger charge is 2.17. The van der Waals surface area contributed by atoms with Crippen LogP contribution in [-0.2, 0) is 6.61 Å². The molecule has 23 heavy (non-hydrogen) atoms. The Morgan fingerprint density at radius 1 is 1.13 bits per heavy atom. The van der Waals surface area contributed by atoms with Crippen molar-refractivity contribution >= 4 is 11.6 Å². The SMILES string of the molecule is CCOc1ccc(NC(=O)c2cc(F)c(F)cc2F)cc1CO. The van der Waals surface area contributed by atoms with Crippen molar-refractivity contribution in [3.8, 4) is 5.75 Å². The quantitative estimate of drug-likeness (QED) is 0.830. The van der Waals surface area contributed by atoms with Crippen LogP contribution >= 0.6 is 0 Å². The van der Waals surface area contributed by atoms with E-state index in [4.69, 9.17) is 4.74 Å². The molecule has 0 atom stereocenters. The Kier molecular flexibility index (Phi) is 5.23. The molecule has 0 unspecified atom stereocenters. The number of aliphatic hydroxyl groups is 1. The number of aliphatic hydroxyl groups excluding tert-OH is 1. The zero-order valence-electron chi connectivity index (χ0n) is 12.2. The molecule has 0 saturated carbocycles. The second-order valence-electron chi connectivity index (χ2n) is 4.61. The second-order valence-corrected chi connectivity index (χ2v) is 4.61. The van der Waals surface area contributed by atoms with Crippen LogP contribution in [0.15, 0.2) is 30.3 Å². The number of amides is 1. The lowest BCUT2D eigenvalue weighted by Gasteiger charge is -2.12. The molecule has 0 aliphatic heterocycles. The fourth-order valence-corrected chi connectivity index (χ4v) is 1.97. The molecule has 0 aliphatic rings. The van der Waals surface area contributed by atoms with Crippen LogP contribution in [0.1, 0.15) is 22.8 Å². The van der Waals surface area contributed by atoms with E-state index in [0.29, 0.717) is 30.1 Å². The van der Waals surface area contributed by atoms with Crippen molar-refractivity contribution in [2.75, 3.05) is 11.9 Å². The molecule has 2 N–H and O–H groups in total. The highest BCUT2D eigenvalue weighted by molar-refractivity contribution is 6.04. The number of benzene rings is 2. The fraction of sp³-hybridized carbons (Fsp3) is 0.188. The predicted octanol–water partition coefficient (Wildman–Crippen LogP) is 3.25. The standard InChI is InChI=1S/C16H14F3NO3/c1-2-23-15-4-3-10(5-9(15)8-21)20-16(22)11-6-13(18)14(19)7-12(11)17/h3-7,21H,2,8H2,1H3,(H,20,22). The van der Waals surface area contributed by atoms with Gasteiger partial charge in [0, 0.05) is 17.3 Å². The van der Waals surface area contributed by atoms with Gasteiger partial charge in [0.15, 0.2) is 11.6 Å². The van der Waals surface area contributed by atoms with E-state index in [-0.39, 0.29) is 12.3 Å². The number of ether oxygens (including phenoxy) is 1. The summed E-state index contributed by atoms with van der Waals surface area (Å²) in [5, 5.41) is 11.6. The van der Waals surface area contributed by atoms with Crippen LogP contribution in [0.25, 0.3) is 0 Å². The van der Waals surface area contributed by atoms with E-state index in [1.54, 1.807) is 6.92 Å². The lowest BCUT2D eigenvalue weighted by Crippen LogP contribution is -2.15. The predicted molar refractivity (Wildman–Crippen MR) is 77.8 cm³/mol. The molecule has 2 aromatic carbocycles. The first kappa shape index (κ1) is 16.8. The zero-order chi connectivity index (χ0) is 17.0. The van der Waals surface area contributed by atoms with Crippen molar-refractivity contribution in [1.82, 2.24) is 0 Å². The lowest BCUT2D eigenvalue weighted by molar-refractivity contribution is 0.102. The Bertz CT molecular complexity index is 735. The molecule has 4 nitrogen and oxygen atoms in total. The molecule has 0 spiro atoms. The average molecular weight is 325 g/mol. The van der Waals surface area contributed by atoms with Crippen LogP contribution in [0, 0.1) is 17.5 Å². The maximum Gasteiger partial charge on any atom is 0.258 e. The lowest BCUT2D eigenvalue weighted by atomic mass is 10.1. The van der Waals surface area contributed by atoms with Gasteiger partial charge >= 0.3 is 0 Å². The number of rotatable bonds is 5. The van der Waals surface area contributed by atoms with Crippen LogP contribution in [0.4, 0.5) is 18.9 Å². The summed E-state index contributed by atoms with van der Waals surface area (Å²) in [5.74, 6) is -4.35. The number of carbonyl (C=O) groups is 1. The molecule has 2 aromatic rings. The van der Waals surface area contributed by atoms with Gasteiger partial charge < -0.3 is 15.2 Å². The number of hydrogen-bond acceptors (Lipinski definition) is 3. The molecule has 0 saturated heterocycles. The fourth-order valence-electron chi connectivity index (χ4n) is 1.97. The van der Waals surface area contributed by atoms with Crippen molar-refractivity contribution < 1.29 is 27.8 Å². The third kappa shape index (κ3) is 3.81. The Morgan fingerprint density at radius 3 is 2.48 bits per heavy atom. The van der Waals surface area contributed by atoms with Gasteiger partial charge in [-0.3, -0.25) is 4.79 Å². The summed E-state index contributed by atoms with van der Waals surface area (Å²) in [7, 11) is 0. The van der Waals surface area contributed by atoms with E-state index in [2.05, 4.69) is 5.32 Å². The van der Waals surface area contributed by atoms with Gasteiger partial charge in [-0.15, -0.1) is 0 Å². The summed E-state index contributed by atoms with van der Waals surface area (Å²) < 4.78 is 44.9. The van der Waals surface area contributed by atoms with Crippen LogP contribution in [0.3, 0.4) is 0 Å². The summed E-state index contributed by atoms with van der Waals surface area (Å²) in [6, 6.07) is 5.26. The molecule has 2 rings (SSSR count). The Balaban J connectivity index is 2.25. The van der Waals surface area contributed by atoms with Crippen molar-refractivity contribution in [1.29, 1.82) is 0 Å². The van der Waals surface area contributed by atoms with Gasteiger partial charge in [-0.1, -0.05) is 0 Å². The molecule has 0 aromatic heterocycles. The molecule has 122 valence electrons. The van der Waals surface area contributed by atoms with Gasteiger partial charge in [0.25, 0.3) is 5.91 Å². The maximum atomic E-state index is 13.6. The number of anilines is 1. The van der Waals surface area contributed by atoms with Gasteiger partial charge in [0.1, 0.15) is 11.6 Å². The second kappa shape index (κ2) is 7.15. The summed E-state index contributed by atoms with van der Waals surface area (Å²) >= 11 is 0. The van der Waals surface area contributed by atoms with E-state index >= 15 is 0 Å². The third-order valence-corrected chi connectivity index (χ3v) is 3.04. The van der Waals surface area contributed by atoms with Gasteiger partial charge in [0.05, 0.1) is 18.8 Å². The number of hydrogen-bond donors (Lipinski definition) is 2. The van der Waals surface area contributed by atoms with Crippen LogP contribution in [0.2, 0.25) is 0 Å². The molecule has 0 radical (unpaired) electrons. The Hall–Kier alpha value is -2.54. The van der Waals surface area contributed by atoms with Gasteiger partial charge in [-0.2, -0.15) is 0 Å². The topological polar surface area (TPSA) is 58.6 Å². The van der Waals surface area contributed by atoms with E-state index in [9.17, 15) is 23.1 Å². The van der Waals surface area contributed by atoms with Crippen molar-refractivity contribution in [3.63, 3.8) is 0 Å². The zero-order valence-corrected chi connectivity index (χ0v) is 12.2. The number of nitrogens with one attached hydrogen (secondary N) is 1. The van der Waals surface area contributed by atoms with E-state index in [0.717, 1.165) is 0 Å². The summed E-state index contributed by atoms with van der Waals surface area (Å²) in [6.45, 7) is 1.86. The molecule has 0 aliphatic carbocycles. The minimum Gasteiger partial charge on any atom is -0.494 e.